The second kappa shape index (κ2) is 8.91. The van der Waals surface area contributed by atoms with Gasteiger partial charge in [0.1, 0.15) is 0 Å². The van der Waals surface area contributed by atoms with Crippen LogP contribution in [0, 0.1) is 4.77 Å². The maximum atomic E-state index is 12.6. The summed E-state index contributed by atoms with van der Waals surface area (Å²) in [5, 5.41) is 3.43. The first-order valence-corrected chi connectivity index (χ1v) is 10.4. The van der Waals surface area contributed by atoms with Gasteiger partial charge in [0, 0.05) is 44.8 Å². The summed E-state index contributed by atoms with van der Waals surface area (Å²) in [5.74, 6) is -0.194. The van der Waals surface area contributed by atoms with Crippen LogP contribution in [0.1, 0.15) is 21.5 Å². The van der Waals surface area contributed by atoms with E-state index < -0.39 is 0 Å². The zero-order chi connectivity index (χ0) is 21.1. The number of H-pyrrole nitrogens is 2. The van der Waals surface area contributed by atoms with E-state index in [0.717, 1.165) is 38.3 Å². The first-order chi connectivity index (χ1) is 14.5. The minimum Gasteiger partial charge on any atom is -0.348 e. The van der Waals surface area contributed by atoms with Gasteiger partial charge >= 0.3 is 0 Å². The highest BCUT2D eigenvalue weighted by Gasteiger charge is 2.14. The molecule has 4 rings (SSSR count). The molecular weight excluding hydrogens is 398 g/mol. The highest BCUT2D eigenvalue weighted by molar-refractivity contribution is 7.71. The van der Waals surface area contributed by atoms with Gasteiger partial charge in [-0.1, -0.05) is 24.3 Å². The molecule has 2 aromatic carbocycles. The predicted octanol–water partition coefficient (Wildman–Crippen LogP) is 2.26. The van der Waals surface area contributed by atoms with E-state index in [2.05, 4.69) is 44.3 Å². The molecule has 0 aliphatic carbocycles. The maximum Gasteiger partial charge on any atom is 0.259 e. The van der Waals surface area contributed by atoms with E-state index in [4.69, 9.17) is 12.2 Å². The zero-order valence-corrected chi connectivity index (χ0v) is 17.7. The average molecular weight is 424 g/mol. The third-order valence-electron chi connectivity index (χ3n) is 5.45. The van der Waals surface area contributed by atoms with Crippen molar-refractivity contribution < 1.29 is 4.79 Å². The number of nitrogens with one attached hydrogen (secondary N) is 3. The maximum absolute atomic E-state index is 12.6. The monoisotopic (exact) mass is 423 g/mol. The van der Waals surface area contributed by atoms with Gasteiger partial charge in [0.2, 0.25) is 0 Å². The fraction of sp³-hybridized carbons (Fsp3) is 0.318. The van der Waals surface area contributed by atoms with Crippen LogP contribution in [0.25, 0.3) is 10.9 Å². The first kappa shape index (κ1) is 20.5. The number of aromatic nitrogens is 2. The second-order valence-corrected chi connectivity index (χ2v) is 8.16. The van der Waals surface area contributed by atoms with Gasteiger partial charge in [-0.05, 0) is 48.6 Å². The molecule has 1 fully saturated rings. The minimum absolute atomic E-state index is 0.194. The Morgan fingerprint density at radius 3 is 2.63 bits per heavy atom. The Hall–Kier alpha value is -2.81. The highest BCUT2D eigenvalue weighted by Crippen LogP contribution is 2.12. The Morgan fingerprint density at radius 2 is 1.83 bits per heavy atom. The number of benzene rings is 2. The third kappa shape index (κ3) is 4.84. The number of hydrogen-bond donors (Lipinski definition) is 3. The lowest BCUT2D eigenvalue weighted by Gasteiger charge is -2.32. The Kier molecular flexibility index (Phi) is 6.08. The van der Waals surface area contributed by atoms with Crippen molar-refractivity contribution >= 4 is 29.0 Å². The van der Waals surface area contributed by atoms with Crippen molar-refractivity contribution in [1.82, 2.24) is 25.1 Å². The normalized spacial score (nSPS) is 15.4. The van der Waals surface area contributed by atoms with Crippen LogP contribution in [0.4, 0.5) is 0 Å². The summed E-state index contributed by atoms with van der Waals surface area (Å²) in [7, 11) is 2.16. The Balaban J connectivity index is 1.41. The van der Waals surface area contributed by atoms with Crippen molar-refractivity contribution in [2.24, 2.45) is 0 Å². The summed E-state index contributed by atoms with van der Waals surface area (Å²) in [6.45, 7) is 5.71. The summed E-state index contributed by atoms with van der Waals surface area (Å²) >= 11 is 5.01. The quantitative estimate of drug-likeness (QED) is 0.549. The van der Waals surface area contributed by atoms with E-state index in [1.54, 1.807) is 18.2 Å². The SMILES string of the molecule is CN1CCN(Cc2cccc(CNC(=O)c3ccc4c(=O)[nH]c(=S)[nH]c4c3)c2)CC1. The molecule has 0 radical (unpaired) electrons. The summed E-state index contributed by atoms with van der Waals surface area (Å²) in [4.78, 5) is 34.8. The third-order valence-corrected chi connectivity index (χ3v) is 5.65. The number of carbonyl (C=O) groups excluding carboxylic acids is 1. The zero-order valence-electron chi connectivity index (χ0n) is 16.9. The molecule has 7 nitrogen and oxygen atoms in total. The van der Waals surface area contributed by atoms with Crippen molar-refractivity contribution in [3.63, 3.8) is 0 Å². The van der Waals surface area contributed by atoms with Crippen molar-refractivity contribution in [2.45, 2.75) is 13.1 Å². The number of amides is 1. The van der Waals surface area contributed by atoms with Crippen LogP contribution in [-0.2, 0) is 13.1 Å². The second-order valence-electron chi connectivity index (χ2n) is 7.75. The Morgan fingerprint density at radius 1 is 1.07 bits per heavy atom. The topological polar surface area (TPSA) is 84.2 Å². The molecule has 0 spiro atoms. The molecule has 0 bridgehead atoms. The molecule has 2 heterocycles. The van der Waals surface area contributed by atoms with Gasteiger partial charge in [0.15, 0.2) is 4.77 Å². The molecule has 1 saturated heterocycles. The van der Waals surface area contributed by atoms with Crippen LogP contribution in [0.5, 0.6) is 0 Å². The van der Waals surface area contributed by atoms with Gasteiger partial charge in [-0.2, -0.15) is 0 Å². The lowest BCUT2D eigenvalue weighted by atomic mass is 10.1. The molecule has 1 aromatic heterocycles. The van der Waals surface area contributed by atoms with Crippen molar-refractivity contribution in [2.75, 3.05) is 33.2 Å². The molecule has 3 N–H and O–H groups in total. The lowest BCUT2D eigenvalue weighted by molar-refractivity contribution is 0.0951. The van der Waals surface area contributed by atoms with Crippen LogP contribution in [0.15, 0.2) is 47.3 Å². The molecule has 1 aliphatic heterocycles. The van der Waals surface area contributed by atoms with Gasteiger partial charge in [0.25, 0.3) is 11.5 Å². The number of rotatable bonds is 5. The van der Waals surface area contributed by atoms with Gasteiger partial charge < -0.3 is 15.2 Å². The molecule has 8 heteroatoms. The number of hydrogen-bond acceptors (Lipinski definition) is 5. The smallest absolute Gasteiger partial charge is 0.259 e. The molecule has 0 saturated carbocycles. The molecule has 156 valence electrons. The van der Waals surface area contributed by atoms with Gasteiger partial charge in [0.05, 0.1) is 10.9 Å². The van der Waals surface area contributed by atoms with E-state index in [0.29, 0.717) is 23.0 Å². The summed E-state index contributed by atoms with van der Waals surface area (Å²) in [6, 6.07) is 13.3. The predicted molar refractivity (Wildman–Crippen MR) is 120 cm³/mol. The summed E-state index contributed by atoms with van der Waals surface area (Å²) < 4.78 is 0.238. The van der Waals surface area contributed by atoms with Gasteiger partial charge in [-0.15, -0.1) is 0 Å². The average Bonchev–Trinajstić information content (AvgIpc) is 2.73. The number of piperazine rings is 1. The minimum atomic E-state index is -0.266. The number of carbonyl (C=O) groups is 1. The van der Waals surface area contributed by atoms with Crippen molar-refractivity contribution in [3.05, 3.63) is 74.3 Å². The highest BCUT2D eigenvalue weighted by atomic mass is 32.1. The molecule has 1 amide bonds. The van der Waals surface area contributed by atoms with Crippen LogP contribution >= 0.6 is 12.2 Å². The van der Waals surface area contributed by atoms with E-state index in [9.17, 15) is 9.59 Å². The Bertz CT molecular complexity index is 1180. The molecule has 30 heavy (non-hydrogen) atoms. The summed E-state index contributed by atoms with van der Waals surface area (Å²) in [5.41, 5.74) is 3.08. The number of likely N-dealkylation sites (N-methyl/N-ethyl adjacent to an activating group) is 1. The van der Waals surface area contributed by atoms with Crippen LogP contribution in [0.2, 0.25) is 0 Å². The van der Waals surface area contributed by atoms with E-state index in [1.807, 2.05) is 12.1 Å². The Labute approximate surface area is 179 Å². The van der Waals surface area contributed by atoms with Crippen LogP contribution < -0.4 is 10.9 Å². The largest absolute Gasteiger partial charge is 0.348 e. The molecule has 0 unspecified atom stereocenters. The number of nitrogens with zero attached hydrogens (tertiary/aromatic N) is 2. The first-order valence-electron chi connectivity index (χ1n) is 10.0. The molecule has 0 atom stereocenters. The van der Waals surface area contributed by atoms with E-state index in [1.165, 1.54) is 5.56 Å². The fourth-order valence-electron chi connectivity index (χ4n) is 3.70. The van der Waals surface area contributed by atoms with Crippen molar-refractivity contribution in [1.29, 1.82) is 0 Å². The van der Waals surface area contributed by atoms with E-state index in [-0.39, 0.29) is 16.2 Å². The number of fused-ring (bicyclic) bond motifs is 1. The van der Waals surface area contributed by atoms with Crippen molar-refractivity contribution in [3.8, 4) is 0 Å². The van der Waals surface area contributed by atoms with E-state index >= 15 is 0 Å². The summed E-state index contributed by atoms with van der Waals surface area (Å²) in [6.07, 6.45) is 0. The molecular formula is C22H25N5O2S. The number of aromatic amines is 2. The molecule has 3 aromatic rings. The van der Waals surface area contributed by atoms with Crippen LogP contribution in [-0.4, -0.2) is 58.9 Å². The van der Waals surface area contributed by atoms with Gasteiger partial charge in [-0.25, -0.2) is 0 Å². The lowest BCUT2D eigenvalue weighted by Crippen LogP contribution is -2.43. The standard InChI is InChI=1S/C22H25N5O2S/c1-26-7-9-27(10-8-26)14-16-4-2-3-15(11-16)13-23-20(28)17-5-6-18-19(12-17)24-22(30)25-21(18)29/h2-6,11-12H,7-10,13-14H2,1H3,(H,23,28)(H2,24,25,29,30). The fourth-order valence-corrected chi connectivity index (χ4v) is 3.90. The molecule has 1 aliphatic rings. The van der Waals surface area contributed by atoms with Gasteiger partial charge in [-0.3, -0.25) is 19.5 Å². The van der Waals surface area contributed by atoms with Crippen LogP contribution in [0.3, 0.4) is 0 Å².